The molecule has 0 radical (unpaired) electrons. The number of anilines is 1. The number of nitrogens with zero attached hydrogens (tertiary/aromatic N) is 5. The Bertz CT molecular complexity index is 997. The quantitative estimate of drug-likeness (QED) is 0.761. The van der Waals surface area contributed by atoms with Gasteiger partial charge in [-0.25, -0.2) is 18.4 Å². The molecule has 5 heterocycles. The summed E-state index contributed by atoms with van der Waals surface area (Å²) in [4.78, 5) is 18.1. The van der Waals surface area contributed by atoms with Crippen molar-refractivity contribution in [2.75, 3.05) is 31.1 Å². The van der Waals surface area contributed by atoms with E-state index >= 15 is 0 Å². The molecule has 5 rings (SSSR count). The normalized spacial score (nSPS) is 28.7. The second-order valence-corrected chi connectivity index (χ2v) is 11.0. The summed E-state index contributed by atoms with van der Waals surface area (Å²) < 4.78 is 25.9. The smallest absolute Gasteiger partial charge is 0.225 e. The highest BCUT2D eigenvalue weighted by Crippen LogP contribution is 2.40. The van der Waals surface area contributed by atoms with Crippen molar-refractivity contribution >= 4 is 15.8 Å². The van der Waals surface area contributed by atoms with Gasteiger partial charge in [0.1, 0.15) is 0 Å². The lowest BCUT2D eigenvalue weighted by Gasteiger charge is -2.32. The largest absolute Gasteiger partial charge is 0.341 e. The van der Waals surface area contributed by atoms with E-state index in [4.69, 9.17) is 4.98 Å². The maximum atomic E-state index is 12.9. The molecule has 0 aliphatic carbocycles. The molecule has 0 aromatic carbocycles. The molecule has 3 aliphatic heterocycles. The van der Waals surface area contributed by atoms with Crippen LogP contribution in [-0.2, 0) is 22.1 Å². The standard InChI is InChI=1S/C21H27N5O2S/c1-15-4-3-7-26(10-15)21-23-9-17-14-29(27,28)19-13-25(12-18(19)20(17)24-21)11-16-5-2-6-22-8-16/h2,5-6,8-9,15,18-19H,3-4,7,10-14H2,1H3/t15-,18+,19-/m1/s1. The van der Waals surface area contributed by atoms with Crippen molar-refractivity contribution in [2.45, 2.75) is 43.2 Å². The Morgan fingerprint density at radius 3 is 2.90 bits per heavy atom. The number of hydrogen-bond acceptors (Lipinski definition) is 7. The third kappa shape index (κ3) is 3.64. The van der Waals surface area contributed by atoms with Crippen LogP contribution in [0.4, 0.5) is 5.95 Å². The summed E-state index contributed by atoms with van der Waals surface area (Å²) >= 11 is 0. The number of pyridine rings is 1. The molecule has 29 heavy (non-hydrogen) atoms. The molecule has 0 bridgehead atoms. The molecule has 0 N–H and O–H groups in total. The molecule has 0 saturated carbocycles. The lowest BCUT2D eigenvalue weighted by Crippen LogP contribution is -2.38. The van der Waals surface area contributed by atoms with Gasteiger partial charge in [-0.3, -0.25) is 9.88 Å². The molecule has 0 unspecified atom stereocenters. The van der Waals surface area contributed by atoms with Crippen molar-refractivity contribution in [2.24, 2.45) is 5.92 Å². The third-order valence-corrected chi connectivity index (χ3v) is 8.58. The number of piperidine rings is 1. The van der Waals surface area contributed by atoms with Crippen LogP contribution < -0.4 is 4.90 Å². The van der Waals surface area contributed by atoms with E-state index in [0.29, 0.717) is 25.6 Å². The Morgan fingerprint density at radius 2 is 2.10 bits per heavy atom. The first-order valence-corrected chi connectivity index (χ1v) is 12.1. The van der Waals surface area contributed by atoms with Gasteiger partial charge < -0.3 is 4.90 Å². The zero-order chi connectivity index (χ0) is 20.0. The van der Waals surface area contributed by atoms with Crippen LogP contribution in [0.5, 0.6) is 0 Å². The summed E-state index contributed by atoms with van der Waals surface area (Å²) in [7, 11) is -3.20. The van der Waals surface area contributed by atoms with E-state index in [0.717, 1.165) is 42.3 Å². The van der Waals surface area contributed by atoms with E-state index in [1.54, 1.807) is 12.4 Å². The monoisotopic (exact) mass is 413 g/mol. The molecule has 2 aromatic rings. The molecule has 3 aliphatic rings. The molecule has 8 heteroatoms. The molecule has 3 atom stereocenters. The van der Waals surface area contributed by atoms with Crippen LogP contribution in [0.25, 0.3) is 0 Å². The molecule has 154 valence electrons. The molecule has 0 spiro atoms. The number of likely N-dealkylation sites (tertiary alicyclic amines) is 1. The minimum Gasteiger partial charge on any atom is -0.341 e. The summed E-state index contributed by atoms with van der Waals surface area (Å²) in [6, 6.07) is 3.96. The molecule has 2 saturated heterocycles. The maximum Gasteiger partial charge on any atom is 0.225 e. The molecular weight excluding hydrogens is 386 g/mol. The van der Waals surface area contributed by atoms with Gasteiger partial charge in [0.2, 0.25) is 5.95 Å². The van der Waals surface area contributed by atoms with Gasteiger partial charge in [-0.1, -0.05) is 13.0 Å². The predicted molar refractivity (Wildman–Crippen MR) is 111 cm³/mol. The van der Waals surface area contributed by atoms with E-state index in [1.165, 1.54) is 6.42 Å². The van der Waals surface area contributed by atoms with Crippen LogP contribution in [0.2, 0.25) is 0 Å². The van der Waals surface area contributed by atoms with E-state index in [2.05, 4.69) is 26.7 Å². The van der Waals surface area contributed by atoms with Crippen molar-refractivity contribution in [3.05, 3.63) is 47.5 Å². The second-order valence-electron chi connectivity index (χ2n) is 8.78. The van der Waals surface area contributed by atoms with Gasteiger partial charge in [0.05, 0.1) is 16.7 Å². The van der Waals surface area contributed by atoms with Gasteiger partial charge in [-0.05, 0) is 30.4 Å². The van der Waals surface area contributed by atoms with Crippen LogP contribution in [-0.4, -0.2) is 59.7 Å². The highest BCUT2D eigenvalue weighted by Gasteiger charge is 2.47. The van der Waals surface area contributed by atoms with Crippen molar-refractivity contribution in [3.8, 4) is 0 Å². The number of rotatable bonds is 3. The summed E-state index contributed by atoms with van der Waals surface area (Å²) in [6.45, 7) is 6.19. The molecule has 0 amide bonds. The fourth-order valence-corrected chi connectivity index (χ4v) is 7.07. The highest BCUT2D eigenvalue weighted by molar-refractivity contribution is 7.91. The Balaban J connectivity index is 1.44. The van der Waals surface area contributed by atoms with Gasteiger partial charge in [-0.2, -0.15) is 0 Å². The van der Waals surface area contributed by atoms with Gasteiger partial charge in [0.25, 0.3) is 0 Å². The van der Waals surface area contributed by atoms with E-state index in [-0.39, 0.29) is 16.9 Å². The van der Waals surface area contributed by atoms with Gasteiger partial charge >= 0.3 is 0 Å². The zero-order valence-electron chi connectivity index (χ0n) is 16.7. The summed E-state index contributed by atoms with van der Waals surface area (Å²) in [5.74, 6) is 1.38. The van der Waals surface area contributed by atoms with Gasteiger partial charge in [-0.15, -0.1) is 0 Å². The summed E-state index contributed by atoms with van der Waals surface area (Å²) in [5, 5.41) is -0.380. The fourth-order valence-electron chi connectivity index (χ4n) is 5.05. The molecule has 2 fully saturated rings. The number of sulfone groups is 1. The Hall–Kier alpha value is -2.06. The molecule has 2 aromatic heterocycles. The van der Waals surface area contributed by atoms with Crippen molar-refractivity contribution in [3.63, 3.8) is 0 Å². The fraction of sp³-hybridized carbons (Fsp3) is 0.571. The van der Waals surface area contributed by atoms with Crippen LogP contribution in [0.15, 0.2) is 30.7 Å². The first kappa shape index (κ1) is 18.9. The zero-order valence-corrected chi connectivity index (χ0v) is 17.6. The van der Waals surface area contributed by atoms with Crippen LogP contribution in [0, 0.1) is 5.92 Å². The lowest BCUT2D eigenvalue weighted by atomic mass is 9.99. The Morgan fingerprint density at radius 1 is 1.21 bits per heavy atom. The highest BCUT2D eigenvalue weighted by atomic mass is 32.2. The first-order chi connectivity index (χ1) is 14.0. The number of fused-ring (bicyclic) bond motifs is 3. The van der Waals surface area contributed by atoms with Crippen LogP contribution >= 0.6 is 0 Å². The van der Waals surface area contributed by atoms with Crippen molar-refractivity contribution < 1.29 is 8.42 Å². The lowest BCUT2D eigenvalue weighted by molar-refractivity contribution is 0.326. The minimum absolute atomic E-state index is 0.0565. The van der Waals surface area contributed by atoms with Crippen molar-refractivity contribution in [1.82, 2.24) is 19.9 Å². The average molecular weight is 414 g/mol. The number of aromatic nitrogens is 3. The average Bonchev–Trinajstić information content (AvgIpc) is 3.14. The van der Waals surface area contributed by atoms with E-state index in [9.17, 15) is 8.42 Å². The first-order valence-electron chi connectivity index (χ1n) is 10.4. The summed E-state index contributed by atoms with van der Waals surface area (Å²) in [6.07, 6.45) is 7.76. The Kier molecular flexibility index (Phi) is 4.78. The maximum absolute atomic E-state index is 12.9. The summed E-state index contributed by atoms with van der Waals surface area (Å²) in [5.41, 5.74) is 2.83. The van der Waals surface area contributed by atoms with Gasteiger partial charge in [0, 0.05) is 62.8 Å². The Labute approximate surface area is 172 Å². The molecular formula is C21H27N5O2S. The predicted octanol–water partition coefficient (Wildman–Crippen LogP) is 2.00. The van der Waals surface area contributed by atoms with E-state index < -0.39 is 9.84 Å². The number of hydrogen-bond donors (Lipinski definition) is 0. The topological polar surface area (TPSA) is 79.3 Å². The van der Waals surface area contributed by atoms with Gasteiger partial charge in [0.15, 0.2) is 9.84 Å². The second kappa shape index (κ2) is 7.32. The SMILES string of the molecule is C[C@@H]1CCCN(c2ncc3c(n2)[C@H]2CN(Cc4cccnc4)C[C@H]2S(=O)(=O)C3)C1. The molecule has 7 nitrogen and oxygen atoms in total. The van der Waals surface area contributed by atoms with E-state index in [1.807, 2.05) is 18.3 Å². The third-order valence-electron chi connectivity index (χ3n) is 6.47. The van der Waals surface area contributed by atoms with Crippen LogP contribution in [0.3, 0.4) is 0 Å². The van der Waals surface area contributed by atoms with Crippen LogP contribution in [0.1, 0.15) is 42.5 Å². The van der Waals surface area contributed by atoms with Crippen molar-refractivity contribution in [1.29, 1.82) is 0 Å². The minimum atomic E-state index is -3.20.